The Hall–Kier alpha value is -2.89. The molecular formula is C29H43F2N7O2. The van der Waals surface area contributed by atoms with Gasteiger partial charge in [0, 0.05) is 45.4 Å². The second-order valence-electron chi connectivity index (χ2n) is 10.6. The number of alkyl halides is 2. The smallest absolute Gasteiger partial charge is 0.296 e. The fourth-order valence-corrected chi connectivity index (χ4v) is 5.08. The highest BCUT2D eigenvalue weighted by atomic mass is 19.3. The lowest BCUT2D eigenvalue weighted by Gasteiger charge is -2.28. The van der Waals surface area contributed by atoms with Gasteiger partial charge in [0.05, 0.1) is 30.9 Å². The highest BCUT2D eigenvalue weighted by molar-refractivity contribution is 5.78. The molecule has 220 valence electrons. The Morgan fingerprint density at radius 3 is 2.45 bits per heavy atom. The van der Waals surface area contributed by atoms with E-state index in [9.17, 15) is 8.78 Å². The molecule has 3 aromatic rings. The van der Waals surface area contributed by atoms with Gasteiger partial charge in [-0.05, 0) is 30.9 Å². The van der Waals surface area contributed by atoms with Gasteiger partial charge in [-0.25, -0.2) is 13.8 Å². The van der Waals surface area contributed by atoms with Gasteiger partial charge in [-0.3, -0.25) is 4.57 Å². The molecule has 11 heteroatoms. The summed E-state index contributed by atoms with van der Waals surface area (Å²) in [6.45, 7) is 9.41. The van der Waals surface area contributed by atoms with Gasteiger partial charge in [-0.15, -0.1) is 0 Å². The Morgan fingerprint density at radius 2 is 1.75 bits per heavy atom. The van der Waals surface area contributed by atoms with E-state index in [4.69, 9.17) is 14.5 Å². The van der Waals surface area contributed by atoms with E-state index in [-0.39, 0.29) is 5.82 Å². The molecule has 0 spiro atoms. The Morgan fingerprint density at radius 1 is 1.02 bits per heavy atom. The molecule has 0 atom stereocenters. The van der Waals surface area contributed by atoms with Crippen molar-refractivity contribution in [1.29, 1.82) is 0 Å². The number of anilines is 2. The maximum Gasteiger partial charge on any atom is 0.296 e. The number of nitrogens with one attached hydrogen (secondary N) is 2. The summed E-state index contributed by atoms with van der Waals surface area (Å²) in [7, 11) is 1.71. The predicted molar refractivity (Wildman–Crippen MR) is 155 cm³/mol. The van der Waals surface area contributed by atoms with E-state index in [1.54, 1.807) is 31.4 Å². The maximum absolute atomic E-state index is 13.9. The van der Waals surface area contributed by atoms with Crippen molar-refractivity contribution >= 4 is 22.8 Å². The van der Waals surface area contributed by atoms with Gasteiger partial charge in [-0.2, -0.15) is 9.97 Å². The maximum atomic E-state index is 13.9. The number of nitrogens with zero attached hydrogens (tertiary/aromatic N) is 5. The number of imidazole rings is 1. The summed E-state index contributed by atoms with van der Waals surface area (Å²) >= 11 is 0. The Kier molecular flexibility index (Phi) is 11.4. The average molecular weight is 560 g/mol. The molecule has 0 amide bonds. The van der Waals surface area contributed by atoms with Crippen LogP contribution in [0.5, 0.6) is 0 Å². The van der Waals surface area contributed by atoms with Crippen molar-refractivity contribution in [3.8, 4) is 5.82 Å². The first-order valence-electron chi connectivity index (χ1n) is 14.4. The number of methoxy groups -OCH3 is 1. The molecular weight excluding hydrogens is 516 g/mol. The van der Waals surface area contributed by atoms with E-state index in [1.165, 1.54) is 36.7 Å². The molecule has 1 aliphatic carbocycles. The van der Waals surface area contributed by atoms with E-state index < -0.39 is 6.43 Å². The van der Waals surface area contributed by atoms with Crippen LogP contribution in [0.2, 0.25) is 0 Å². The minimum absolute atomic E-state index is 0.309. The number of rotatable bonds is 10. The first-order valence-corrected chi connectivity index (χ1v) is 14.4. The summed E-state index contributed by atoms with van der Waals surface area (Å²) in [6, 6.07) is 9.50. The van der Waals surface area contributed by atoms with E-state index in [0.717, 1.165) is 19.7 Å². The van der Waals surface area contributed by atoms with Crippen LogP contribution in [0.1, 0.15) is 58.2 Å². The van der Waals surface area contributed by atoms with Crippen molar-refractivity contribution in [3.63, 3.8) is 0 Å². The zero-order valence-electron chi connectivity index (χ0n) is 23.9. The Labute approximate surface area is 235 Å². The molecule has 3 heterocycles. The van der Waals surface area contributed by atoms with Crippen LogP contribution in [-0.2, 0) is 9.47 Å². The van der Waals surface area contributed by atoms with Gasteiger partial charge >= 0.3 is 0 Å². The van der Waals surface area contributed by atoms with Gasteiger partial charge in [0.2, 0.25) is 5.95 Å². The van der Waals surface area contributed by atoms with Crippen molar-refractivity contribution in [2.24, 2.45) is 5.92 Å². The SMILES string of the molecule is COCCNC(C)C.FC(F)c1nc2ccccc2n1-c1cc(N2CCOCC2)nc(NCC2CCCCC2)n1. The lowest BCUT2D eigenvalue weighted by atomic mass is 9.89. The molecule has 5 rings (SSSR count). The third-order valence-electron chi connectivity index (χ3n) is 7.18. The molecule has 0 unspecified atom stereocenters. The number of hydrogen-bond acceptors (Lipinski definition) is 8. The lowest BCUT2D eigenvalue weighted by Crippen LogP contribution is -2.37. The monoisotopic (exact) mass is 559 g/mol. The summed E-state index contributed by atoms with van der Waals surface area (Å²) in [5.41, 5.74) is 1.12. The number of para-hydroxylation sites is 2. The summed E-state index contributed by atoms with van der Waals surface area (Å²) < 4.78 is 39.6. The number of ether oxygens (including phenoxy) is 2. The van der Waals surface area contributed by atoms with Crippen molar-refractivity contribution in [2.75, 3.05) is 63.3 Å². The van der Waals surface area contributed by atoms with Crippen molar-refractivity contribution in [1.82, 2.24) is 24.8 Å². The second kappa shape index (κ2) is 15.2. The molecule has 2 N–H and O–H groups in total. The first kappa shape index (κ1) is 30.1. The highest BCUT2D eigenvalue weighted by Gasteiger charge is 2.23. The minimum atomic E-state index is -2.72. The Bertz CT molecular complexity index is 1180. The summed E-state index contributed by atoms with van der Waals surface area (Å²) in [6.07, 6.45) is 3.49. The summed E-state index contributed by atoms with van der Waals surface area (Å²) in [5, 5.41) is 6.61. The summed E-state index contributed by atoms with van der Waals surface area (Å²) in [5.74, 6) is 1.86. The zero-order valence-corrected chi connectivity index (χ0v) is 23.9. The number of halogens is 2. The van der Waals surface area contributed by atoms with Gasteiger partial charge in [0.25, 0.3) is 6.43 Å². The molecule has 2 aliphatic rings. The largest absolute Gasteiger partial charge is 0.383 e. The summed E-state index contributed by atoms with van der Waals surface area (Å²) in [4.78, 5) is 15.7. The van der Waals surface area contributed by atoms with Crippen molar-refractivity contribution in [3.05, 3.63) is 36.2 Å². The normalized spacial score (nSPS) is 16.4. The first-order chi connectivity index (χ1) is 19.5. The van der Waals surface area contributed by atoms with Crippen LogP contribution < -0.4 is 15.5 Å². The van der Waals surface area contributed by atoms with E-state index in [2.05, 4.69) is 39.3 Å². The van der Waals surface area contributed by atoms with Crippen LogP contribution in [0, 0.1) is 5.92 Å². The zero-order chi connectivity index (χ0) is 28.3. The second-order valence-corrected chi connectivity index (χ2v) is 10.6. The molecule has 0 bridgehead atoms. The highest BCUT2D eigenvalue weighted by Crippen LogP contribution is 2.30. The predicted octanol–water partition coefficient (Wildman–Crippen LogP) is 5.21. The van der Waals surface area contributed by atoms with E-state index >= 15 is 0 Å². The minimum Gasteiger partial charge on any atom is -0.383 e. The molecule has 1 saturated heterocycles. The number of hydrogen-bond donors (Lipinski definition) is 2. The average Bonchev–Trinajstić information content (AvgIpc) is 3.38. The van der Waals surface area contributed by atoms with Crippen LogP contribution in [-0.4, -0.2) is 78.7 Å². The molecule has 9 nitrogen and oxygen atoms in total. The van der Waals surface area contributed by atoms with E-state index in [0.29, 0.717) is 66.9 Å². The molecule has 1 saturated carbocycles. The molecule has 0 radical (unpaired) electrons. The van der Waals surface area contributed by atoms with Gasteiger partial charge in [0.15, 0.2) is 5.82 Å². The molecule has 2 aromatic heterocycles. The van der Waals surface area contributed by atoms with Crippen LogP contribution in [0.4, 0.5) is 20.5 Å². The molecule has 1 aromatic carbocycles. The third kappa shape index (κ3) is 8.31. The number of fused-ring (bicyclic) bond motifs is 1. The fourth-order valence-electron chi connectivity index (χ4n) is 5.08. The lowest BCUT2D eigenvalue weighted by molar-refractivity contribution is 0.122. The topological polar surface area (TPSA) is 89.4 Å². The van der Waals surface area contributed by atoms with Gasteiger partial charge < -0.3 is 25.0 Å². The van der Waals surface area contributed by atoms with Crippen LogP contribution in [0.3, 0.4) is 0 Å². The number of benzene rings is 1. The quantitative estimate of drug-likeness (QED) is 0.327. The van der Waals surface area contributed by atoms with Crippen LogP contribution in [0.25, 0.3) is 16.9 Å². The fraction of sp³-hybridized carbons (Fsp3) is 0.621. The van der Waals surface area contributed by atoms with Crippen LogP contribution in [0.15, 0.2) is 30.3 Å². The molecule has 1 aliphatic heterocycles. The standard InChI is InChI=1S/C23H28F2N6O.C6H15NO/c24-21(25)22-27-17-8-4-5-9-18(17)31(22)20-14-19(30-10-12-32-13-11-30)28-23(29-20)26-15-16-6-2-1-3-7-16;1-6(2)7-4-5-8-3/h4-5,8-9,14,16,21H,1-3,6-7,10-13,15H2,(H,26,28,29);6-7H,4-5H2,1-3H3. The van der Waals surface area contributed by atoms with Crippen molar-refractivity contribution < 1.29 is 18.3 Å². The number of morpholine rings is 1. The van der Waals surface area contributed by atoms with Gasteiger partial charge in [0.1, 0.15) is 11.6 Å². The third-order valence-corrected chi connectivity index (χ3v) is 7.18. The van der Waals surface area contributed by atoms with Crippen LogP contribution >= 0.6 is 0 Å². The number of aromatic nitrogens is 4. The molecule has 40 heavy (non-hydrogen) atoms. The molecule has 2 fully saturated rings. The van der Waals surface area contributed by atoms with Gasteiger partial charge in [-0.1, -0.05) is 45.2 Å². The van der Waals surface area contributed by atoms with Crippen molar-refractivity contribution in [2.45, 2.75) is 58.4 Å². The Balaban J connectivity index is 0.000000406. The van der Waals surface area contributed by atoms with E-state index in [1.807, 2.05) is 6.07 Å².